The number of aryl methyl sites for hydroxylation is 1. The molecule has 1 fully saturated rings. The number of anilines is 1. The lowest BCUT2D eigenvalue weighted by molar-refractivity contribution is -0.118. The lowest BCUT2D eigenvalue weighted by atomic mass is 10.1. The van der Waals surface area contributed by atoms with Gasteiger partial charge in [0.05, 0.1) is 26.4 Å². The Balaban J connectivity index is 1.93. The van der Waals surface area contributed by atoms with Crippen LogP contribution in [0.4, 0.5) is 5.69 Å². The van der Waals surface area contributed by atoms with Crippen LogP contribution in [0.15, 0.2) is 18.2 Å². The summed E-state index contributed by atoms with van der Waals surface area (Å²) in [6.07, 6.45) is 0.877. The fourth-order valence-electron chi connectivity index (χ4n) is 2.39. The van der Waals surface area contributed by atoms with Crippen LogP contribution in [-0.4, -0.2) is 50.3 Å². The Morgan fingerprint density at radius 2 is 2.10 bits per heavy atom. The summed E-state index contributed by atoms with van der Waals surface area (Å²) < 4.78 is 10.9. The van der Waals surface area contributed by atoms with Crippen LogP contribution >= 0.6 is 0 Å². The Morgan fingerprint density at radius 1 is 1.33 bits per heavy atom. The smallest absolute Gasteiger partial charge is 0.238 e. The van der Waals surface area contributed by atoms with Crippen molar-refractivity contribution in [2.45, 2.75) is 20.3 Å². The van der Waals surface area contributed by atoms with Crippen LogP contribution in [0.1, 0.15) is 19.4 Å². The largest absolute Gasteiger partial charge is 0.494 e. The van der Waals surface area contributed by atoms with E-state index in [0.717, 1.165) is 36.5 Å². The van der Waals surface area contributed by atoms with Crippen LogP contribution in [0.3, 0.4) is 0 Å². The first-order valence-electron chi connectivity index (χ1n) is 7.58. The zero-order chi connectivity index (χ0) is 15.1. The second-order valence-corrected chi connectivity index (χ2v) is 5.05. The molecule has 0 aliphatic carbocycles. The summed E-state index contributed by atoms with van der Waals surface area (Å²) in [6.45, 7) is 8.16. The number of benzene rings is 1. The molecule has 1 aliphatic heterocycles. The number of nitrogens with one attached hydrogen (secondary N) is 1. The number of carbonyl (C=O) groups is 1. The highest BCUT2D eigenvalue weighted by atomic mass is 16.5. The summed E-state index contributed by atoms with van der Waals surface area (Å²) in [5, 5.41) is 2.96. The molecule has 0 bridgehead atoms. The first-order valence-corrected chi connectivity index (χ1v) is 7.58. The molecule has 5 heteroatoms. The number of hydrogen-bond donors (Lipinski definition) is 1. The highest BCUT2D eigenvalue weighted by molar-refractivity contribution is 5.92. The van der Waals surface area contributed by atoms with E-state index in [0.29, 0.717) is 26.4 Å². The van der Waals surface area contributed by atoms with Gasteiger partial charge in [-0.05, 0) is 37.1 Å². The lowest BCUT2D eigenvalue weighted by Gasteiger charge is -2.25. The van der Waals surface area contributed by atoms with Gasteiger partial charge in [0.25, 0.3) is 0 Å². The topological polar surface area (TPSA) is 50.8 Å². The number of morpholine rings is 1. The molecular weight excluding hydrogens is 268 g/mol. The van der Waals surface area contributed by atoms with Gasteiger partial charge in [-0.1, -0.05) is 6.92 Å². The van der Waals surface area contributed by atoms with E-state index in [9.17, 15) is 4.79 Å². The Bertz CT molecular complexity index is 471. The minimum atomic E-state index is 0.0168. The van der Waals surface area contributed by atoms with Crippen LogP contribution in [0.5, 0.6) is 5.75 Å². The fourth-order valence-corrected chi connectivity index (χ4v) is 2.39. The highest BCUT2D eigenvalue weighted by Crippen LogP contribution is 2.23. The summed E-state index contributed by atoms with van der Waals surface area (Å²) in [7, 11) is 0. The summed E-state index contributed by atoms with van der Waals surface area (Å²) in [5.41, 5.74) is 1.94. The standard InChI is InChI=1S/C16H24N2O3/c1-3-13-11-14(5-6-15(13)21-4-2)17-16(19)12-18-7-9-20-10-8-18/h5-6,11H,3-4,7-10,12H2,1-2H3,(H,17,19). The molecule has 0 unspecified atom stereocenters. The maximum absolute atomic E-state index is 12.1. The number of ether oxygens (including phenoxy) is 2. The van der Waals surface area contributed by atoms with Crippen LogP contribution in [0.2, 0.25) is 0 Å². The molecule has 0 aromatic heterocycles. The zero-order valence-corrected chi connectivity index (χ0v) is 12.9. The van der Waals surface area contributed by atoms with E-state index in [1.165, 1.54) is 0 Å². The molecule has 1 heterocycles. The Hall–Kier alpha value is -1.59. The summed E-state index contributed by atoms with van der Waals surface area (Å²) in [4.78, 5) is 14.2. The van der Waals surface area contributed by atoms with Gasteiger partial charge in [-0.3, -0.25) is 9.69 Å². The summed E-state index contributed by atoms with van der Waals surface area (Å²) in [5.74, 6) is 0.911. The minimum absolute atomic E-state index is 0.0168. The molecule has 5 nitrogen and oxygen atoms in total. The van der Waals surface area contributed by atoms with E-state index in [1.807, 2.05) is 25.1 Å². The molecule has 1 saturated heterocycles. The minimum Gasteiger partial charge on any atom is -0.494 e. The van der Waals surface area contributed by atoms with Gasteiger partial charge in [-0.25, -0.2) is 0 Å². The molecule has 1 aromatic carbocycles. The van der Waals surface area contributed by atoms with Crippen LogP contribution in [0, 0.1) is 0 Å². The van der Waals surface area contributed by atoms with E-state index in [4.69, 9.17) is 9.47 Å². The van der Waals surface area contributed by atoms with Crippen molar-refractivity contribution in [2.24, 2.45) is 0 Å². The van der Waals surface area contributed by atoms with Crippen molar-refractivity contribution in [3.05, 3.63) is 23.8 Å². The number of amides is 1. The van der Waals surface area contributed by atoms with Gasteiger partial charge in [-0.15, -0.1) is 0 Å². The van der Waals surface area contributed by atoms with Gasteiger partial charge in [0.2, 0.25) is 5.91 Å². The first-order chi connectivity index (χ1) is 10.2. The third-order valence-electron chi connectivity index (χ3n) is 3.50. The van der Waals surface area contributed by atoms with Gasteiger partial charge in [0.15, 0.2) is 0 Å². The predicted octanol–water partition coefficient (Wildman–Crippen LogP) is 1.92. The van der Waals surface area contributed by atoms with Crippen molar-refractivity contribution in [2.75, 3.05) is 44.8 Å². The van der Waals surface area contributed by atoms with Crippen LogP contribution in [-0.2, 0) is 16.0 Å². The van der Waals surface area contributed by atoms with E-state index < -0.39 is 0 Å². The quantitative estimate of drug-likeness (QED) is 0.870. The fraction of sp³-hybridized carbons (Fsp3) is 0.562. The average Bonchev–Trinajstić information content (AvgIpc) is 2.50. The van der Waals surface area contributed by atoms with Crippen LogP contribution < -0.4 is 10.1 Å². The average molecular weight is 292 g/mol. The normalized spacial score (nSPS) is 15.7. The van der Waals surface area contributed by atoms with Gasteiger partial charge >= 0.3 is 0 Å². The maximum Gasteiger partial charge on any atom is 0.238 e. The number of hydrogen-bond acceptors (Lipinski definition) is 4. The van der Waals surface area contributed by atoms with Crippen molar-refractivity contribution < 1.29 is 14.3 Å². The van der Waals surface area contributed by atoms with Crippen molar-refractivity contribution in [1.29, 1.82) is 0 Å². The molecule has 0 spiro atoms. The van der Waals surface area contributed by atoms with E-state index in [2.05, 4.69) is 17.1 Å². The molecule has 1 aromatic rings. The Labute approximate surface area is 126 Å². The van der Waals surface area contributed by atoms with Gasteiger partial charge < -0.3 is 14.8 Å². The predicted molar refractivity (Wildman–Crippen MR) is 82.9 cm³/mol. The van der Waals surface area contributed by atoms with Gasteiger partial charge in [-0.2, -0.15) is 0 Å². The zero-order valence-electron chi connectivity index (χ0n) is 12.9. The monoisotopic (exact) mass is 292 g/mol. The molecule has 2 rings (SSSR count). The van der Waals surface area contributed by atoms with Crippen molar-refractivity contribution in [3.63, 3.8) is 0 Å². The molecule has 0 atom stereocenters. The Morgan fingerprint density at radius 3 is 2.76 bits per heavy atom. The van der Waals surface area contributed by atoms with Gasteiger partial charge in [0.1, 0.15) is 5.75 Å². The van der Waals surface area contributed by atoms with Crippen molar-refractivity contribution in [1.82, 2.24) is 4.90 Å². The molecule has 116 valence electrons. The van der Waals surface area contributed by atoms with E-state index in [-0.39, 0.29) is 5.91 Å². The summed E-state index contributed by atoms with van der Waals surface area (Å²) >= 11 is 0. The molecule has 0 saturated carbocycles. The van der Waals surface area contributed by atoms with Crippen LogP contribution in [0.25, 0.3) is 0 Å². The third-order valence-corrected chi connectivity index (χ3v) is 3.50. The summed E-state index contributed by atoms with van der Waals surface area (Å²) in [6, 6.07) is 5.80. The van der Waals surface area contributed by atoms with Gasteiger partial charge in [0, 0.05) is 18.8 Å². The molecule has 0 radical (unpaired) electrons. The molecule has 1 N–H and O–H groups in total. The number of nitrogens with zero attached hydrogens (tertiary/aromatic N) is 1. The number of carbonyl (C=O) groups excluding carboxylic acids is 1. The first kappa shape index (κ1) is 15.8. The van der Waals surface area contributed by atoms with Crippen molar-refractivity contribution >= 4 is 11.6 Å². The second-order valence-electron chi connectivity index (χ2n) is 5.05. The SMILES string of the molecule is CCOc1ccc(NC(=O)CN2CCOCC2)cc1CC. The molecule has 1 amide bonds. The maximum atomic E-state index is 12.1. The molecule has 21 heavy (non-hydrogen) atoms. The lowest BCUT2D eigenvalue weighted by Crippen LogP contribution is -2.41. The van der Waals surface area contributed by atoms with E-state index >= 15 is 0 Å². The second kappa shape index (κ2) is 8.00. The number of rotatable bonds is 6. The third kappa shape index (κ3) is 4.72. The molecule has 1 aliphatic rings. The highest BCUT2D eigenvalue weighted by Gasteiger charge is 2.14. The van der Waals surface area contributed by atoms with E-state index in [1.54, 1.807) is 0 Å². The molecular formula is C16H24N2O3. The Kier molecular flexibility index (Phi) is 6.02. The van der Waals surface area contributed by atoms with Crippen molar-refractivity contribution in [3.8, 4) is 5.75 Å².